The molecule has 0 aromatic heterocycles. The third-order valence-electron chi connectivity index (χ3n) is 7.29. The van der Waals surface area contributed by atoms with E-state index >= 15 is 0 Å². The van der Waals surface area contributed by atoms with Crippen LogP contribution in [0.1, 0.15) is 64.1 Å². The van der Waals surface area contributed by atoms with E-state index in [1.54, 1.807) is 24.3 Å². The largest absolute Gasteiger partial charge is 0.494 e. The number of nitrogens with one attached hydrogen (secondary N) is 2. The summed E-state index contributed by atoms with van der Waals surface area (Å²) in [5.41, 5.74) is 2.80. The molecule has 13 heteroatoms. The Morgan fingerprint density at radius 1 is 0.979 bits per heavy atom. The van der Waals surface area contributed by atoms with E-state index in [0.717, 1.165) is 50.1 Å². The number of unbranched alkanes of at least 4 members (excludes halogenated alkanes) is 1. The third kappa shape index (κ3) is 11.9. The van der Waals surface area contributed by atoms with Crippen molar-refractivity contribution < 1.29 is 31.9 Å². The van der Waals surface area contributed by atoms with Crippen LogP contribution >= 0.6 is 11.6 Å². The maximum absolute atomic E-state index is 13.3. The fraction of sp³-hybridized carbons (Fsp3) is 0.382. The Bertz CT molecular complexity index is 1520. The number of hydrogen-bond donors (Lipinski definition) is 2. The minimum atomic E-state index is -4.66. The molecule has 0 saturated heterocycles. The first kappa shape index (κ1) is 37.5. The van der Waals surface area contributed by atoms with Crippen LogP contribution in [0.5, 0.6) is 5.75 Å². The molecule has 3 aromatic carbocycles. The first-order valence-electron chi connectivity index (χ1n) is 15.3. The number of halogens is 5. The molecule has 0 spiro atoms. The minimum absolute atomic E-state index is 0.00197. The van der Waals surface area contributed by atoms with Crippen molar-refractivity contribution in [2.75, 3.05) is 51.8 Å². The molecule has 3 aromatic rings. The van der Waals surface area contributed by atoms with Crippen molar-refractivity contribution in [2.45, 2.75) is 39.4 Å². The Kier molecular flexibility index (Phi) is 14.6. The average molecular weight is 678 g/mol. The van der Waals surface area contributed by atoms with Crippen LogP contribution in [0.15, 0.2) is 65.8 Å². The Morgan fingerprint density at radius 2 is 1.74 bits per heavy atom. The van der Waals surface area contributed by atoms with Gasteiger partial charge < -0.3 is 19.9 Å². The Labute approximate surface area is 277 Å². The highest BCUT2D eigenvalue weighted by molar-refractivity contribution is 6.31. The SMILES string of the molecule is CCN(CC)CCN(C)Cc1cccc(C(=O)Nc2ccc(OCCCCF)cc2C(=O)N/N=C/c2ccc(Cl)c(C(F)(F)F)c2)c1. The predicted octanol–water partition coefficient (Wildman–Crippen LogP) is 7.28. The molecule has 0 heterocycles. The zero-order valence-corrected chi connectivity index (χ0v) is 27.4. The summed E-state index contributed by atoms with van der Waals surface area (Å²) in [6.45, 7) is 8.37. The van der Waals surface area contributed by atoms with Crippen molar-refractivity contribution >= 4 is 35.3 Å². The number of rotatable bonds is 17. The number of nitrogens with zero attached hydrogens (tertiary/aromatic N) is 3. The number of carbonyl (C=O) groups is 2. The monoisotopic (exact) mass is 677 g/mol. The Hall–Kier alpha value is -4.00. The first-order chi connectivity index (χ1) is 22.4. The van der Waals surface area contributed by atoms with Gasteiger partial charge in [0.2, 0.25) is 0 Å². The van der Waals surface area contributed by atoms with E-state index in [4.69, 9.17) is 16.3 Å². The molecule has 47 heavy (non-hydrogen) atoms. The van der Waals surface area contributed by atoms with E-state index in [-0.39, 0.29) is 23.4 Å². The second-order valence-corrected chi connectivity index (χ2v) is 11.2. The predicted molar refractivity (Wildman–Crippen MR) is 177 cm³/mol. The average Bonchev–Trinajstić information content (AvgIpc) is 3.04. The van der Waals surface area contributed by atoms with Gasteiger partial charge in [0.1, 0.15) is 5.75 Å². The maximum atomic E-state index is 13.3. The van der Waals surface area contributed by atoms with E-state index in [9.17, 15) is 27.2 Å². The highest BCUT2D eigenvalue weighted by atomic mass is 35.5. The second kappa shape index (κ2) is 18.4. The second-order valence-electron chi connectivity index (χ2n) is 10.8. The van der Waals surface area contributed by atoms with Crippen LogP contribution in [0.25, 0.3) is 0 Å². The van der Waals surface area contributed by atoms with Gasteiger partial charge in [0.25, 0.3) is 11.8 Å². The van der Waals surface area contributed by atoms with Crippen molar-refractivity contribution in [3.63, 3.8) is 0 Å². The molecular formula is C34H40ClF4N5O3. The number of likely N-dealkylation sites (N-methyl/N-ethyl adjacent to an activating group) is 2. The van der Waals surface area contributed by atoms with Crippen LogP contribution in [-0.4, -0.2) is 74.3 Å². The summed E-state index contributed by atoms with van der Waals surface area (Å²) in [5, 5.41) is 6.11. The van der Waals surface area contributed by atoms with Gasteiger partial charge >= 0.3 is 6.18 Å². The van der Waals surface area contributed by atoms with Gasteiger partial charge in [-0.2, -0.15) is 18.3 Å². The number of hydrogen-bond acceptors (Lipinski definition) is 6. The summed E-state index contributed by atoms with van der Waals surface area (Å²) in [6.07, 6.45) is -2.84. The molecule has 0 aliphatic heterocycles. The molecule has 0 unspecified atom stereocenters. The van der Waals surface area contributed by atoms with Crippen LogP contribution < -0.4 is 15.5 Å². The van der Waals surface area contributed by atoms with Crippen LogP contribution in [0, 0.1) is 0 Å². The number of carbonyl (C=O) groups excluding carboxylic acids is 2. The molecule has 2 amide bonds. The summed E-state index contributed by atoms with van der Waals surface area (Å²) in [4.78, 5) is 31.1. The third-order valence-corrected chi connectivity index (χ3v) is 7.62. The molecule has 0 aliphatic rings. The fourth-order valence-corrected chi connectivity index (χ4v) is 4.84. The van der Waals surface area contributed by atoms with E-state index in [0.29, 0.717) is 30.7 Å². The topological polar surface area (TPSA) is 86.3 Å². The van der Waals surface area contributed by atoms with E-state index in [2.05, 4.69) is 39.5 Å². The number of ether oxygens (including phenoxy) is 1. The Morgan fingerprint density at radius 3 is 2.45 bits per heavy atom. The molecule has 0 radical (unpaired) electrons. The molecule has 0 aliphatic carbocycles. The zero-order chi connectivity index (χ0) is 34.4. The molecule has 0 fully saturated rings. The lowest BCUT2D eigenvalue weighted by Crippen LogP contribution is -2.32. The summed E-state index contributed by atoms with van der Waals surface area (Å²) in [6, 6.07) is 14.9. The normalized spacial score (nSPS) is 11.8. The zero-order valence-electron chi connectivity index (χ0n) is 26.7. The standard InChI is InChI=1S/C34H40ClF4N5O3/c1-4-44(5-2)17-16-43(3)23-25-9-8-10-26(19-25)32(45)41-31-14-12-27(47-18-7-6-15-36)21-28(31)33(46)42-40-22-24-11-13-30(35)29(20-24)34(37,38)39/h8-14,19-22H,4-7,15-18,23H2,1-3H3,(H,41,45)(H,42,46)/b40-22+. The van der Waals surface area contributed by atoms with Gasteiger partial charge in [-0.1, -0.05) is 43.6 Å². The van der Waals surface area contributed by atoms with E-state index in [1.807, 2.05) is 13.1 Å². The highest BCUT2D eigenvalue weighted by Gasteiger charge is 2.33. The number of amides is 2. The molecule has 2 N–H and O–H groups in total. The lowest BCUT2D eigenvalue weighted by Gasteiger charge is -2.23. The molecule has 0 bridgehead atoms. The summed E-state index contributed by atoms with van der Waals surface area (Å²) < 4.78 is 57.8. The van der Waals surface area contributed by atoms with Crippen molar-refractivity contribution in [3.8, 4) is 5.75 Å². The number of benzene rings is 3. The number of hydrazone groups is 1. The molecule has 0 atom stereocenters. The van der Waals surface area contributed by atoms with Gasteiger partial charge in [-0.05, 0) is 86.6 Å². The van der Waals surface area contributed by atoms with Crippen molar-refractivity contribution in [1.29, 1.82) is 0 Å². The number of anilines is 1. The van der Waals surface area contributed by atoms with Gasteiger partial charge in [0, 0.05) is 25.2 Å². The molecule has 3 rings (SSSR count). The lowest BCUT2D eigenvalue weighted by atomic mass is 10.1. The lowest BCUT2D eigenvalue weighted by molar-refractivity contribution is -0.137. The van der Waals surface area contributed by atoms with Crippen LogP contribution in [0.2, 0.25) is 5.02 Å². The van der Waals surface area contributed by atoms with Crippen LogP contribution in [0.4, 0.5) is 23.2 Å². The Balaban J connectivity index is 1.77. The van der Waals surface area contributed by atoms with Crippen molar-refractivity contribution in [3.05, 3.63) is 93.5 Å². The van der Waals surface area contributed by atoms with Gasteiger partial charge in [0.05, 0.1) is 41.3 Å². The molecular weight excluding hydrogens is 638 g/mol. The van der Waals surface area contributed by atoms with Gasteiger partial charge in [0.15, 0.2) is 0 Å². The molecule has 254 valence electrons. The quantitative estimate of drug-likeness (QED) is 0.0679. The maximum Gasteiger partial charge on any atom is 0.417 e. The van der Waals surface area contributed by atoms with Gasteiger partial charge in [-0.3, -0.25) is 14.0 Å². The summed E-state index contributed by atoms with van der Waals surface area (Å²) in [7, 11) is 2.02. The first-order valence-corrected chi connectivity index (χ1v) is 15.7. The van der Waals surface area contributed by atoms with E-state index in [1.165, 1.54) is 18.2 Å². The van der Waals surface area contributed by atoms with Crippen molar-refractivity contribution in [2.24, 2.45) is 5.10 Å². The van der Waals surface area contributed by atoms with E-state index < -0.39 is 35.3 Å². The number of alkyl halides is 4. The highest BCUT2D eigenvalue weighted by Crippen LogP contribution is 2.35. The van der Waals surface area contributed by atoms with Crippen LogP contribution in [0.3, 0.4) is 0 Å². The summed E-state index contributed by atoms with van der Waals surface area (Å²) >= 11 is 5.68. The van der Waals surface area contributed by atoms with Gasteiger partial charge in [-0.25, -0.2) is 5.43 Å². The fourth-order valence-electron chi connectivity index (χ4n) is 4.61. The molecule has 0 saturated carbocycles. The van der Waals surface area contributed by atoms with Gasteiger partial charge in [-0.15, -0.1) is 0 Å². The smallest absolute Gasteiger partial charge is 0.417 e. The van der Waals surface area contributed by atoms with Crippen molar-refractivity contribution in [1.82, 2.24) is 15.2 Å². The summed E-state index contributed by atoms with van der Waals surface area (Å²) in [5.74, 6) is -0.898. The molecule has 8 nitrogen and oxygen atoms in total. The minimum Gasteiger partial charge on any atom is -0.494 e. The van der Waals surface area contributed by atoms with Crippen LogP contribution in [-0.2, 0) is 12.7 Å².